The molecular weight excluding hydrogens is 388 g/mol. The summed E-state index contributed by atoms with van der Waals surface area (Å²) in [6, 6.07) is 11.2. The van der Waals surface area contributed by atoms with Crippen LogP contribution in [0.1, 0.15) is 18.9 Å². The lowest BCUT2D eigenvalue weighted by Crippen LogP contribution is -2.21. The molecule has 0 aliphatic rings. The van der Waals surface area contributed by atoms with Crippen molar-refractivity contribution in [3.8, 4) is 5.75 Å². The van der Waals surface area contributed by atoms with Gasteiger partial charge in [0.15, 0.2) is 6.61 Å². The lowest BCUT2D eigenvalue weighted by molar-refractivity contribution is -0.384. The van der Waals surface area contributed by atoms with Crippen LogP contribution in [-0.2, 0) is 20.7 Å². The first-order chi connectivity index (χ1) is 13.4. The minimum atomic E-state index is -0.655. The number of hydrogen-bond acceptors (Lipinski definition) is 6. The van der Waals surface area contributed by atoms with Gasteiger partial charge in [-0.2, -0.15) is 0 Å². The molecule has 0 aliphatic heterocycles. The second kappa shape index (κ2) is 10.3. The van der Waals surface area contributed by atoms with Crippen LogP contribution in [0.2, 0.25) is 5.02 Å². The first-order valence-corrected chi connectivity index (χ1v) is 8.88. The smallest absolute Gasteiger partial charge is 0.306 e. The summed E-state index contributed by atoms with van der Waals surface area (Å²) in [5.74, 6) is -0.442. The average Bonchev–Trinajstić information content (AvgIpc) is 2.67. The fraction of sp³-hybridized carbons (Fsp3) is 0.263. The van der Waals surface area contributed by atoms with Crippen LogP contribution < -0.4 is 10.1 Å². The summed E-state index contributed by atoms with van der Waals surface area (Å²) in [6.07, 6.45) is 0.504. The van der Waals surface area contributed by atoms with Crippen molar-refractivity contribution in [3.05, 3.63) is 63.2 Å². The van der Waals surface area contributed by atoms with Crippen LogP contribution in [0, 0.1) is 10.1 Å². The van der Waals surface area contributed by atoms with Gasteiger partial charge in [-0.3, -0.25) is 19.7 Å². The maximum atomic E-state index is 11.9. The number of amides is 1. The second-order valence-electron chi connectivity index (χ2n) is 5.67. The van der Waals surface area contributed by atoms with E-state index in [4.69, 9.17) is 21.1 Å². The standard InChI is InChI=1S/C19H19ClN2O6/c1-2-27-17-6-4-3-5-13(17)7-10-19(24)28-12-18(23)21-14-8-9-15(20)16(11-14)22(25)26/h3-6,8-9,11H,2,7,10,12H2,1H3,(H,21,23). The van der Waals surface area contributed by atoms with Gasteiger partial charge in [-0.25, -0.2) is 0 Å². The first-order valence-electron chi connectivity index (χ1n) is 8.50. The molecule has 148 valence electrons. The molecule has 2 rings (SSSR count). The largest absolute Gasteiger partial charge is 0.494 e. The number of nitro groups is 1. The number of anilines is 1. The number of nitrogens with zero attached hydrogens (tertiary/aromatic N) is 1. The molecule has 0 spiro atoms. The van der Waals surface area contributed by atoms with Crippen LogP contribution in [0.5, 0.6) is 5.75 Å². The van der Waals surface area contributed by atoms with E-state index in [1.54, 1.807) is 0 Å². The number of carbonyl (C=O) groups is 2. The van der Waals surface area contributed by atoms with Gasteiger partial charge in [0.05, 0.1) is 11.5 Å². The third-order valence-corrected chi connectivity index (χ3v) is 3.98. The molecule has 0 unspecified atom stereocenters. The van der Waals surface area contributed by atoms with Gasteiger partial charge in [0.25, 0.3) is 11.6 Å². The Bertz CT molecular complexity index is 871. The topological polar surface area (TPSA) is 108 Å². The highest BCUT2D eigenvalue weighted by molar-refractivity contribution is 6.32. The zero-order chi connectivity index (χ0) is 20.5. The molecule has 0 heterocycles. The quantitative estimate of drug-likeness (QED) is 0.386. The molecule has 0 atom stereocenters. The Balaban J connectivity index is 1.82. The van der Waals surface area contributed by atoms with Crippen molar-refractivity contribution in [1.29, 1.82) is 0 Å². The van der Waals surface area contributed by atoms with Crippen LogP contribution in [-0.4, -0.2) is 30.0 Å². The lowest BCUT2D eigenvalue weighted by Gasteiger charge is -2.10. The van der Waals surface area contributed by atoms with Crippen molar-refractivity contribution in [2.75, 3.05) is 18.5 Å². The summed E-state index contributed by atoms with van der Waals surface area (Å²) in [5.41, 5.74) is 0.728. The van der Waals surface area contributed by atoms with E-state index in [9.17, 15) is 19.7 Å². The molecule has 0 aliphatic carbocycles. The number of nitro benzene ring substituents is 1. The van der Waals surface area contributed by atoms with Gasteiger partial charge in [-0.15, -0.1) is 0 Å². The molecule has 2 aromatic rings. The van der Waals surface area contributed by atoms with Crippen molar-refractivity contribution in [1.82, 2.24) is 0 Å². The van der Waals surface area contributed by atoms with Gasteiger partial charge in [0, 0.05) is 18.2 Å². The van der Waals surface area contributed by atoms with Gasteiger partial charge in [0.2, 0.25) is 0 Å². The summed E-state index contributed by atoms with van der Waals surface area (Å²) in [7, 11) is 0. The molecule has 1 amide bonds. The molecule has 0 fully saturated rings. The lowest BCUT2D eigenvalue weighted by atomic mass is 10.1. The molecule has 0 aromatic heterocycles. The van der Waals surface area contributed by atoms with E-state index in [0.29, 0.717) is 18.8 Å². The number of halogens is 1. The number of rotatable bonds is 9. The fourth-order valence-corrected chi connectivity index (χ4v) is 2.58. The van der Waals surface area contributed by atoms with Gasteiger partial charge < -0.3 is 14.8 Å². The highest BCUT2D eigenvalue weighted by atomic mass is 35.5. The van der Waals surface area contributed by atoms with Crippen LogP contribution in [0.15, 0.2) is 42.5 Å². The second-order valence-corrected chi connectivity index (χ2v) is 6.08. The predicted molar refractivity (Wildman–Crippen MR) is 104 cm³/mol. The van der Waals surface area contributed by atoms with Crippen molar-refractivity contribution >= 4 is 34.9 Å². The van der Waals surface area contributed by atoms with E-state index in [1.165, 1.54) is 12.1 Å². The predicted octanol–water partition coefficient (Wildman–Crippen LogP) is 3.76. The molecule has 8 nitrogen and oxygen atoms in total. The highest BCUT2D eigenvalue weighted by Crippen LogP contribution is 2.27. The van der Waals surface area contributed by atoms with E-state index in [0.717, 1.165) is 11.6 Å². The minimum Gasteiger partial charge on any atom is -0.494 e. The normalized spacial score (nSPS) is 10.2. The fourth-order valence-electron chi connectivity index (χ4n) is 2.39. The molecule has 0 saturated carbocycles. The Morgan fingerprint density at radius 1 is 1.21 bits per heavy atom. The number of benzene rings is 2. The number of aryl methyl sites for hydroxylation is 1. The van der Waals surface area contributed by atoms with Gasteiger partial charge in [-0.05, 0) is 37.1 Å². The van der Waals surface area contributed by atoms with Crippen LogP contribution in [0.3, 0.4) is 0 Å². The Morgan fingerprint density at radius 2 is 1.96 bits per heavy atom. The summed E-state index contributed by atoms with van der Waals surface area (Å²) in [5, 5.41) is 13.2. The Hall–Kier alpha value is -3.13. The first kappa shape index (κ1) is 21.2. The van der Waals surface area contributed by atoms with Crippen molar-refractivity contribution < 1.29 is 24.0 Å². The van der Waals surface area contributed by atoms with Crippen molar-refractivity contribution in [2.24, 2.45) is 0 Å². The summed E-state index contributed by atoms with van der Waals surface area (Å²) >= 11 is 5.71. The number of nitrogens with one attached hydrogen (secondary N) is 1. The molecule has 0 saturated heterocycles. The third-order valence-electron chi connectivity index (χ3n) is 3.66. The number of carbonyl (C=O) groups excluding carboxylic acids is 2. The van der Waals surface area contributed by atoms with E-state index in [2.05, 4.69) is 5.32 Å². The molecule has 0 radical (unpaired) electrons. The molecule has 2 aromatic carbocycles. The zero-order valence-electron chi connectivity index (χ0n) is 15.1. The van der Waals surface area contributed by atoms with Crippen molar-refractivity contribution in [2.45, 2.75) is 19.8 Å². The molecule has 0 bridgehead atoms. The van der Waals surface area contributed by atoms with Crippen LogP contribution in [0.4, 0.5) is 11.4 Å². The number of ether oxygens (including phenoxy) is 2. The monoisotopic (exact) mass is 406 g/mol. The Morgan fingerprint density at radius 3 is 2.68 bits per heavy atom. The van der Waals surface area contributed by atoms with E-state index >= 15 is 0 Å². The van der Waals surface area contributed by atoms with Crippen molar-refractivity contribution in [3.63, 3.8) is 0 Å². The Labute approximate surface area is 166 Å². The van der Waals surface area contributed by atoms with E-state index in [1.807, 2.05) is 31.2 Å². The average molecular weight is 407 g/mol. The van der Waals surface area contributed by atoms with Gasteiger partial charge in [0.1, 0.15) is 10.8 Å². The minimum absolute atomic E-state index is 0.0400. The number of esters is 1. The third kappa shape index (κ3) is 6.24. The van der Waals surface area contributed by atoms with Crippen LogP contribution >= 0.6 is 11.6 Å². The highest BCUT2D eigenvalue weighted by Gasteiger charge is 2.15. The van der Waals surface area contributed by atoms with Gasteiger partial charge in [-0.1, -0.05) is 29.8 Å². The summed E-state index contributed by atoms with van der Waals surface area (Å²) in [6.45, 7) is 1.89. The SMILES string of the molecule is CCOc1ccccc1CCC(=O)OCC(=O)Nc1ccc(Cl)c([N+](=O)[O-])c1. The maximum absolute atomic E-state index is 11.9. The molecular formula is C19H19ClN2O6. The molecule has 28 heavy (non-hydrogen) atoms. The van der Waals surface area contributed by atoms with E-state index < -0.39 is 23.4 Å². The van der Waals surface area contributed by atoms with E-state index in [-0.39, 0.29) is 22.8 Å². The number of para-hydroxylation sites is 1. The summed E-state index contributed by atoms with van der Waals surface area (Å²) in [4.78, 5) is 34.0. The molecule has 9 heteroatoms. The Kier molecular flexibility index (Phi) is 7.76. The molecule has 1 N–H and O–H groups in total. The maximum Gasteiger partial charge on any atom is 0.306 e. The van der Waals surface area contributed by atoms with Gasteiger partial charge >= 0.3 is 5.97 Å². The summed E-state index contributed by atoms with van der Waals surface area (Å²) < 4.78 is 10.4. The van der Waals surface area contributed by atoms with Crippen LogP contribution in [0.25, 0.3) is 0 Å². The zero-order valence-corrected chi connectivity index (χ0v) is 15.9. The number of hydrogen-bond donors (Lipinski definition) is 1.